The molecule has 0 aliphatic rings. The topological polar surface area (TPSA) is 60.7 Å². The van der Waals surface area contributed by atoms with Gasteiger partial charge in [-0.05, 0) is 19.8 Å². The average molecular weight is 180 g/mol. The maximum atomic E-state index is 8.07. The summed E-state index contributed by atoms with van der Waals surface area (Å²) in [4.78, 5) is 0. The van der Waals surface area contributed by atoms with Crippen LogP contribution < -0.4 is 0 Å². The largest absolute Gasteiger partial charge is 0.397 e. The maximum Gasteiger partial charge on any atom is 0.0430 e. The lowest BCUT2D eigenvalue weighted by Gasteiger charge is -1.79. The van der Waals surface area contributed by atoms with Crippen LogP contribution in [-0.4, -0.2) is 35.1 Å². The van der Waals surface area contributed by atoms with Crippen molar-refractivity contribution in [1.29, 1.82) is 0 Å². The Morgan fingerprint density at radius 2 is 1.08 bits per heavy atom. The number of rotatable bonds is 3. The zero-order valence-electron chi connectivity index (χ0n) is 8.58. The molecule has 0 unspecified atom stereocenters. The molecular formula is C9H24O3. The molecule has 3 N–H and O–H groups in total. The summed E-state index contributed by atoms with van der Waals surface area (Å²) in [6.07, 6.45) is 2.91. The second-order valence-corrected chi connectivity index (χ2v) is 2.12. The van der Waals surface area contributed by atoms with Crippen LogP contribution in [0.2, 0.25) is 0 Å². The van der Waals surface area contributed by atoms with Crippen molar-refractivity contribution in [2.75, 3.05) is 19.8 Å². The zero-order valence-corrected chi connectivity index (χ0v) is 8.58. The van der Waals surface area contributed by atoms with E-state index in [0.29, 0.717) is 13.2 Å². The van der Waals surface area contributed by atoms with Crippen molar-refractivity contribution in [3.05, 3.63) is 0 Å². The molecule has 0 aromatic rings. The highest BCUT2D eigenvalue weighted by Gasteiger charge is 1.69. The number of aliphatic hydroxyl groups excluding tert-OH is 3. The van der Waals surface area contributed by atoms with Crippen LogP contribution in [-0.2, 0) is 0 Å². The van der Waals surface area contributed by atoms with Crippen molar-refractivity contribution in [2.24, 2.45) is 0 Å². The second kappa shape index (κ2) is 30.7. The Hall–Kier alpha value is -0.120. The van der Waals surface area contributed by atoms with Crippen LogP contribution in [0.1, 0.15) is 40.0 Å². The minimum Gasteiger partial charge on any atom is -0.397 e. The van der Waals surface area contributed by atoms with Crippen molar-refractivity contribution in [3.63, 3.8) is 0 Å². The predicted octanol–water partition coefficient (Wildman–Crippen LogP) is 1.17. The monoisotopic (exact) mass is 180 g/mol. The molecule has 0 saturated heterocycles. The standard InChI is InChI=1S/C4H10O.C3H8O.C2H6O/c1-2-3-4-5;1-2-3-4;1-2-3/h5H,2-4H2,1H3;4H,2-3H2,1H3;3H,2H2,1H3. The SMILES string of the molecule is CCCCO.CCCO.CCO. The van der Waals surface area contributed by atoms with Gasteiger partial charge in [-0.2, -0.15) is 0 Å². The van der Waals surface area contributed by atoms with E-state index in [1.54, 1.807) is 6.92 Å². The molecule has 78 valence electrons. The van der Waals surface area contributed by atoms with Gasteiger partial charge >= 0.3 is 0 Å². The Balaban J connectivity index is -0.000000105. The van der Waals surface area contributed by atoms with Crippen LogP contribution in [0, 0.1) is 0 Å². The van der Waals surface area contributed by atoms with E-state index in [-0.39, 0.29) is 6.61 Å². The van der Waals surface area contributed by atoms with Crippen LogP contribution in [0.4, 0.5) is 0 Å². The fourth-order valence-electron chi connectivity index (χ4n) is 0.158. The number of hydrogen-bond acceptors (Lipinski definition) is 3. The molecule has 12 heavy (non-hydrogen) atoms. The average Bonchev–Trinajstić information content (AvgIpc) is 2.08. The Morgan fingerprint density at radius 3 is 1.08 bits per heavy atom. The van der Waals surface area contributed by atoms with Crippen LogP contribution in [0.25, 0.3) is 0 Å². The maximum absolute atomic E-state index is 8.07. The van der Waals surface area contributed by atoms with Crippen molar-refractivity contribution >= 4 is 0 Å². The minimum absolute atomic E-state index is 0.250. The van der Waals surface area contributed by atoms with Gasteiger partial charge in [-0.15, -0.1) is 0 Å². The molecule has 0 aromatic carbocycles. The summed E-state index contributed by atoms with van der Waals surface area (Å²) in [6.45, 7) is 6.58. The summed E-state index contributed by atoms with van der Waals surface area (Å²) in [5, 5.41) is 23.5. The molecule has 3 nitrogen and oxygen atoms in total. The van der Waals surface area contributed by atoms with E-state index in [1.165, 1.54) is 0 Å². The third-order valence-corrected chi connectivity index (χ3v) is 0.735. The molecule has 0 radical (unpaired) electrons. The Kier molecular flexibility index (Phi) is 45.7. The summed E-state index contributed by atoms with van der Waals surface area (Å²) in [7, 11) is 0. The summed E-state index contributed by atoms with van der Waals surface area (Å²) in [5.41, 5.74) is 0. The van der Waals surface area contributed by atoms with Gasteiger partial charge in [0.25, 0.3) is 0 Å². The summed E-state index contributed by atoms with van der Waals surface area (Å²) < 4.78 is 0. The Labute approximate surface area is 76.1 Å². The predicted molar refractivity (Wildman–Crippen MR) is 52.1 cm³/mol. The van der Waals surface area contributed by atoms with E-state index in [2.05, 4.69) is 6.92 Å². The fourth-order valence-corrected chi connectivity index (χ4v) is 0.158. The van der Waals surface area contributed by atoms with E-state index in [9.17, 15) is 0 Å². The van der Waals surface area contributed by atoms with Crippen molar-refractivity contribution < 1.29 is 15.3 Å². The summed E-state index contributed by atoms with van der Waals surface area (Å²) in [6, 6.07) is 0. The highest BCUT2D eigenvalue weighted by molar-refractivity contribution is 4.23. The molecule has 0 bridgehead atoms. The van der Waals surface area contributed by atoms with Gasteiger partial charge in [0, 0.05) is 19.8 Å². The molecule has 3 heteroatoms. The normalized spacial score (nSPS) is 7.50. The van der Waals surface area contributed by atoms with Gasteiger partial charge in [0.05, 0.1) is 0 Å². The highest BCUT2D eigenvalue weighted by atomic mass is 16.3. The van der Waals surface area contributed by atoms with Gasteiger partial charge in [-0.3, -0.25) is 0 Å². The third-order valence-electron chi connectivity index (χ3n) is 0.735. The lowest BCUT2D eigenvalue weighted by molar-refractivity contribution is 0.287. The first-order valence-electron chi connectivity index (χ1n) is 4.57. The minimum atomic E-state index is 0.250. The molecule has 0 aliphatic carbocycles. The van der Waals surface area contributed by atoms with Gasteiger partial charge in [0.2, 0.25) is 0 Å². The third kappa shape index (κ3) is 93.9. The van der Waals surface area contributed by atoms with E-state index >= 15 is 0 Å². The van der Waals surface area contributed by atoms with Crippen molar-refractivity contribution in [2.45, 2.75) is 40.0 Å². The molecule has 0 aliphatic heterocycles. The summed E-state index contributed by atoms with van der Waals surface area (Å²) >= 11 is 0. The fraction of sp³-hybridized carbons (Fsp3) is 1.00. The molecule has 0 aromatic heterocycles. The molecule has 0 rings (SSSR count). The van der Waals surface area contributed by atoms with Crippen molar-refractivity contribution in [1.82, 2.24) is 0 Å². The first kappa shape index (κ1) is 17.8. The first-order chi connectivity index (χ1) is 5.74. The van der Waals surface area contributed by atoms with Crippen molar-refractivity contribution in [3.8, 4) is 0 Å². The zero-order chi connectivity index (χ0) is 10.2. The lowest BCUT2D eigenvalue weighted by Crippen LogP contribution is -1.75. The number of unbranched alkanes of at least 4 members (excludes halogenated alkanes) is 1. The molecule has 0 atom stereocenters. The first-order valence-corrected chi connectivity index (χ1v) is 4.57. The van der Waals surface area contributed by atoms with Gasteiger partial charge in [0.15, 0.2) is 0 Å². The summed E-state index contributed by atoms with van der Waals surface area (Å²) in [5.74, 6) is 0. The van der Waals surface area contributed by atoms with Gasteiger partial charge in [-0.25, -0.2) is 0 Å². The quantitative estimate of drug-likeness (QED) is 0.611. The number of hydrogen-bond donors (Lipinski definition) is 3. The molecule has 0 fully saturated rings. The van der Waals surface area contributed by atoms with Crippen LogP contribution in [0.5, 0.6) is 0 Å². The highest BCUT2D eigenvalue weighted by Crippen LogP contribution is 1.78. The van der Waals surface area contributed by atoms with E-state index in [4.69, 9.17) is 15.3 Å². The van der Waals surface area contributed by atoms with Gasteiger partial charge < -0.3 is 15.3 Å². The Morgan fingerprint density at radius 1 is 0.750 bits per heavy atom. The van der Waals surface area contributed by atoms with Crippen LogP contribution in [0.3, 0.4) is 0 Å². The van der Waals surface area contributed by atoms with E-state index in [0.717, 1.165) is 19.3 Å². The second-order valence-electron chi connectivity index (χ2n) is 2.12. The molecular weight excluding hydrogens is 156 g/mol. The van der Waals surface area contributed by atoms with Gasteiger partial charge in [-0.1, -0.05) is 20.3 Å². The molecule has 0 heterocycles. The Bertz CT molecular complexity index is 36.8. The van der Waals surface area contributed by atoms with Crippen LogP contribution in [0.15, 0.2) is 0 Å². The van der Waals surface area contributed by atoms with E-state index in [1.807, 2.05) is 6.92 Å². The smallest absolute Gasteiger partial charge is 0.0430 e. The molecule has 0 amide bonds. The van der Waals surface area contributed by atoms with E-state index < -0.39 is 0 Å². The number of aliphatic hydroxyl groups is 3. The lowest BCUT2D eigenvalue weighted by atomic mass is 10.4. The molecule has 0 spiro atoms. The molecule has 0 saturated carbocycles. The van der Waals surface area contributed by atoms with Crippen LogP contribution >= 0.6 is 0 Å². The van der Waals surface area contributed by atoms with Gasteiger partial charge in [0.1, 0.15) is 0 Å².